The van der Waals surface area contributed by atoms with Crippen molar-refractivity contribution in [3.8, 4) is 23.0 Å². The molecule has 134 valence electrons. The first kappa shape index (κ1) is 18.7. The summed E-state index contributed by atoms with van der Waals surface area (Å²) in [5, 5.41) is 1.13. The molecule has 2 aromatic rings. The molecule has 0 bridgehead atoms. The summed E-state index contributed by atoms with van der Waals surface area (Å²) in [4.78, 5) is 0.0479. The van der Waals surface area contributed by atoms with Crippen LogP contribution in [-0.2, 0) is 9.84 Å². The molecule has 0 atom stereocenters. The zero-order valence-corrected chi connectivity index (χ0v) is 15.3. The molecule has 7 heteroatoms. The Morgan fingerprint density at radius 2 is 1.36 bits per heavy atom. The summed E-state index contributed by atoms with van der Waals surface area (Å²) in [6.07, 6.45) is 1.51. The summed E-state index contributed by atoms with van der Waals surface area (Å²) in [6, 6.07) is 9.83. The first-order chi connectivity index (χ1) is 11.9. The molecule has 0 aliphatic rings. The highest BCUT2D eigenvalue weighted by molar-refractivity contribution is 7.94. The monoisotopic (exact) mass is 364 g/mol. The fourth-order valence-corrected chi connectivity index (χ4v) is 3.22. The van der Waals surface area contributed by atoms with Crippen molar-refractivity contribution >= 4 is 15.9 Å². The van der Waals surface area contributed by atoms with Crippen molar-refractivity contribution < 1.29 is 27.4 Å². The van der Waals surface area contributed by atoms with Crippen molar-refractivity contribution in [3.05, 3.63) is 47.4 Å². The molecule has 0 aliphatic carbocycles. The predicted octanol–water partition coefficient (Wildman–Crippen LogP) is 3.17. The van der Waals surface area contributed by atoms with E-state index >= 15 is 0 Å². The van der Waals surface area contributed by atoms with E-state index in [4.69, 9.17) is 18.9 Å². The molecule has 6 nitrogen and oxygen atoms in total. The average molecular weight is 364 g/mol. The van der Waals surface area contributed by atoms with E-state index in [1.807, 2.05) is 0 Å². The number of benzene rings is 2. The van der Waals surface area contributed by atoms with Gasteiger partial charge in [0.15, 0.2) is 21.3 Å². The van der Waals surface area contributed by atoms with E-state index in [-0.39, 0.29) is 16.4 Å². The van der Waals surface area contributed by atoms with E-state index in [0.717, 1.165) is 11.0 Å². The van der Waals surface area contributed by atoms with Crippen LogP contribution in [-0.4, -0.2) is 36.9 Å². The predicted molar refractivity (Wildman–Crippen MR) is 95.3 cm³/mol. The molecule has 0 N–H and O–H groups in total. The largest absolute Gasteiger partial charge is 0.497 e. The highest BCUT2D eigenvalue weighted by Gasteiger charge is 2.19. The summed E-state index contributed by atoms with van der Waals surface area (Å²) >= 11 is 0. The summed E-state index contributed by atoms with van der Waals surface area (Å²) in [5.41, 5.74) is 0.733. The average Bonchev–Trinajstić information content (AvgIpc) is 2.65. The van der Waals surface area contributed by atoms with Gasteiger partial charge >= 0.3 is 0 Å². The highest BCUT2D eigenvalue weighted by atomic mass is 32.2. The Hall–Kier alpha value is -2.67. The maximum atomic E-state index is 12.6. The van der Waals surface area contributed by atoms with Crippen molar-refractivity contribution in [1.82, 2.24) is 0 Å². The number of ether oxygens (including phenoxy) is 4. The van der Waals surface area contributed by atoms with E-state index in [0.29, 0.717) is 11.5 Å². The maximum Gasteiger partial charge on any atom is 0.203 e. The van der Waals surface area contributed by atoms with Crippen LogP contribution in [0.25, 0.3) is 6.08 Å². The Balaban J connectivity index is 2.39. The third-order valence-electron chi connectivity index (χ3n) is 3.52. The van der Waals surface area contributed by atoms with Gasteiger partial charge in [-0.25, -0.2) is 8.42 Å². The van der Waals surface area contributed by atoms with Crippen molar-refractivity contribution in [3.63, 3.8) is 0 Å². The number of hydrogen-bond donors (Lipinski definition) is 0. The molecule has 0 saturated carbocycles. The van der Waals surface area contributed by atoms with E-state index in [2.05, 4.69) is 0 Å². The normalized spacial score (nSPS) is 11.4. The molecule has 0 aliphatic heterocycles. The van der Waals surface area contributed by atoms with Gasteiger partial charge in [0.25, 0.3) is 0 Å². The summed E-state index contributed by atoms with van der Waals surface area (Å²) < 4.78 is 45.9. The summed E-state index contributed by atoms with van der Waals surface area (Å²) in [6.45, 7) is 0. The van der Waals surface area contributed by atoms with Crippen LogP contribution < -0.4 is 18.9 Å². The SMILES string of the molecule is COc1ccc(/C=C/S(=O)(=O)c2cc(OC)c(OC)c(OC)c2)cc1. The lowest BCUT2D eigenvalue weighted by molar-refractivity contribution is 0.323. The van der Waals surface area contributed by atoms with E-state index in [1.165, 1.54) is 39.5 Å². The van der Waals surface area contributed by atoms with E-state index in [1.54, 1.807) is 31.4 Å². The number of hydrogen-bond acceptors (Lipinski definition) is 6. The lowest BCUT2D eigenvalue weighted by Crippen LogP contribution is -2.01. The molecule has 0 fully saturated rings. The summed E-state index contributed by atoms with van der Waals surface area (Å²) in [7, 11) is 2.20. The van der Waals surface area contributed by atoms with Gasteiger partial charge in [-0.3, -0.25) is 0 Å². The third kappa shape index (κ3) is 4.24. The second-order valence-corrected chi connectivity index (χ2v) is 6.82. The van der Waals surface area contributed by atoms with Gasteiger partial charge in [0.2, 0.25) is 5.75 Å². The van der Waals surface area contributed by atoms with Crippen LogP contribution in [0.15, 0.2) is 46.7 Å². The smallest absolute Gasteiger partial charge is 0.203 e. The van der Waals surface area contributed by atoms with Crippen LogP contribution in [0.4, 0.5) is 0 Å². The van der Waals surface area contributed by atoms with Crippen LogP contribution >= 0.6 is 0 Å². The number of sulfone groups is 1. The molecular weight excluding hydrogens is 344 g/mol. The minimum absolute atomic E-state index is 0.0479. The molecule has 0 heterocycles. The van der Waals surface area contributed by atoms with Gasteiger partial charge in [-0.15, -0.1) is 0 Å². The molecular formula is C18H20O6S. The fourth-order valence-electron chi connectivity index (χ4n) is 2.18. The minimum atomic E-state index is -3.69. The Labute approximate surface area is 147 Å². The second-order valence-electron chi connectivity index (χ2n) is 4.98. The Morgan fingerprint density at radius 1 is 0.800 bits per heavy atom. The first-order valence-corrected chi connectivity index (χ1v) is 8.87. The van der Waals surface area contributed by atoms with Crippen molar-refractivity contribution in [1.29, 1.82) is 0 Å². The molecule has 2 rings (SSSR count). The Bertz CT molecular complexity index is 829. The number of rotatable bonds is 7. The molecule has 2 aromatic carbocycles. The van der Waals surface area contributed by atoms with Gasteiger partial charge in [-0.1, -0.05) is 12.1 Å². The van der Waals surface area contributed by atoms with Gasteiger partial charge in [0.05, 0.1) is 33.3 Å². The van der Waals surface area contributed by atoms with E-state index < -0.39 is 9.84 Å². The lowest BCUT2D eigenvalue weighted by Gasteiger charge is -2.13. The molecule has 0 spiro atoms. The topological polar surface area (TPSA) is 71.1 Å². The zero-order chi connectivity index (χ0) is 18.4. The molecule has 0 unspecified atom stereocenters. The minimum Gasteiger partial charge on any atom is -0.497 e. The van der Waals surface area contributed by atoms with Crippen LogP contribution in [0.3, 0.4) is 0 Å². The van der Waals surface area contributed by atoms with Crippen LogP contribution in [0, 0.1) is 0 Å². The van der Waals surface area contributed by atoms with Crippen molar-refractivity contribution in [2.75, 3.05) is 28.4 Å². The maximum absolute atomic E-state index is 12.6. The lowest BCUT2D eigenvalue weighted by atomic mass is 10.2. The second kappa shape index (κ2) is 7.94. The van der Waals surface area contributed by atoms with Gasteiger partial charge < -0.3 is 18.9 Å². The van der Waals surface area contributed by atoms with Gasteiger partial charge in [0.1, 0.15) is 5.75 Å². The highest BCUT2D eigenvalue weighted by Crippen LogP contribution is 2.39. The van der Waals surface area contributed by atoms with Gasteiger partial charge in [-0.2, -0.15) is 0 Å². The quantitative estimate of drug-likeness (QED) is 0.751. The molecule has 0 aromatic heterocycles. The van der Waals surface area contributed by atoms with Gasteiger partial charge in [0, 0.05) is 17.5 Å². The zero-order valence-electron chi connectivity index (χ0n) is 14.5. The van der Waals surface area contributed by atoms with Crippen molar-refractivity contribution in [2.24, 2.45) is 0 Å². The molecule has 0 amide bonds. The summed E-state index contributed by atoms with van der Waals surface area (Å²) in [5.74, 6) is 1.59. The van der Waals surface area contributed by atoms with Crippen molar-refractivity contribution in [2.45, 2.75) is 4.90 Å². The fraction of sp³-hybridized carbons (Fsp3) is 0.222. The van der Waals surface area contributed by atoms with E-state index in [9.17, 15) is 8.42 Å². The first-order valence-electron chi connectivity index (χ1n) is 7.32. The van der Waals surface area contributed by atoms with Crippen LogP contribution in [0.1, 0.15) is 5.56 Å². The Kier molecular flexibility index (Phi) is 5.93. The van der Waals surface area contributed by atoms with Gasteiger partial charge in [-0.05, 0) is 23.8 Å². The third-order valence-corrected chi connectivity index (χ3v) is 4.91. The molecule has 25 heavy (non-hydrogen) atoms. The molecule has 0 saturated heterocycles. The number of methoxy groups -OCH3 is 4. The van der Waals surface area contributed by atoms with Crippen LogP contribution in [0.2, 0.25) is 0 Å². The standard InChI is InChI=1S/C18H20O6S/c1-21-14-7-5-13(6-8-14)9-10-25(19,20)15-11-16(22-2)18(24-4)17(12-15)23-3/h5-12H,1-4H3/b10-9+. The molecule has 0 radical (unpaired) electrons. The van der Waals surface area contributed by atoms with Crippen LogP contribution in [0.5, 0.6) is 23.0 Å². The Morgan fingerprint density at radius 3 is 1.80 bits per heavy atom.